The van der Waals surface area contributed by atoms with Crippen LogP contribution in [0, 0.1) is 0 Å². The van der Waals surface area contributed by atoms with Gasteiger partial charge in [-0.1, -0.05) is 6.07 Å². The average Bonchev–Trinajstić information content (AvgIpc) is 2.39. The molecule has 1 aliphatic heterocycles. The molecule has 0 atom stereocenters. The summed E-state index contributed by atoms with van der Waals surface area (Å²) in [5.74, 6) is -0.357. The third-order valence-electron chi connectivity index (χ3n) is 3.45. The van der Waals surface area contributed by atoms with E-state index in [4.69, 9.17) is 10.5 Å². The molecule has 1 aromatic heterocycles. The molecule has 1 aromatic rings. The maximum Gasteiger partial charge on any atom is 0.261 e. The summed E-state index contributed by atoms with van der Waals surface area (Å²) in [6.45, 7) is 4.91. The van der Waals surface area contributed by atoms with Crippen molar-refractivity contribution < 1.29 is 14.3 Å². The van der Waals surface area contributed by atoms with Crippen LogP contribution in [0.25, 0.3) is 5.57 Å². The highest BCUT2D eigenvalue weighted by Gasteiger charge is 2.41. The number of rotatable bonds is 3. The molecule has 0 unspecified atom stereocenters. The molecule has 0 aromatic carbocycles. The largest absolute Gasteiger partial charge is 0.477 e. The summed E-state index contributed by atoms with van der Waals surface area (Å²) in [4.78, 5) is 29.5. The summed E-state index contributed by atoms with van der Waals surface area (Å²) < 4.78 is 5.51. The zero-order valence-electron chi connectivity index (χ0n) is 11.7. The minimum absolute atomic E-state index is 0.00433. The van der Waals surface area contributed by atoms with Crippen molar-refractivity contribution in [2.24, 2.45) is 5.73 Å². The van der Waals surface area contributed by atoms with E-state index < -0.39 is 11.4 Å². The van der Waals surface area contributed by atoms with Crippen LogP contribution in [0.2, 0.25) is 0 Å². The fourth-order valence-electron chi connectivity index (χ4n) is 1.96. The summed E-state index contributed by atoms with van der Waals surface area (Å²) in [5.41, 5.74) is 5.30. The Morgan fingerprint density at radius 2 is 2.20 bits per heavy atom. The number of pyridine rings is 1. The van der Waals surface area contributed by atoms with Gasteiger partial charge in [0.1, 0.15) is 11.3 Å². The molecule has 0 bridgehead atoms. The van der Waals surface area contributed by atoms with Crippen LogP contribution < -0.4 is 5.73 Å². The first-order chi connectivity index (χ1) is 9.35. The van der Waals surface area contributed by atoms with E-state index in [1.807, 2.05) is 0 Å². The van der Waals surface area contributed by atoms with E-state index >= 15 is 0 Å². The number of ether oxygens (including phenoxy) is 1. The van der Waals surface area contributed by atoms with Crippen molar-refractivity contribution in [1.29, 1.82) is 0 Å². The maximum atomic E-state index is 12.6. The molecule has 0 aliphatic carbocycles. The Labute approximate surface area is 117 Å². The number of hydrogen-bond acceptors (Lipinski definition) is 4. The Bertz CT molecular complexity index is 579. The van der Waals surface area contributed by atoms with E-state index in [0.717, 1.165) is 0 Å². The Kier molecular flexibility index (Phi) is 3.48. The smallest absolute Gasteiger partial charge is 0.261 e. The Hall–Kier alpha value is -2.37. The minimum Gasteiger partial charge on any atom is -0.477 e. The van der Waals surface area contributed by atoms with E-state index in [9.17, 15) is 9.59 Å². The van der Waals surface area contributed by atoms with Gasteiger partial charge in [0.2, 0.25) is 5.91 Å². The molecule has 0 saturated heterocycles. The lowest BCUT2D eigenvalue weighted by atomic mass is 9.97. The highest BCUT2D eigenvalue weighted by molar-refractivity contribution is 6.21. The number of amides is 2. The third kappa shape index (κ3) is 2.24. The van der Waals surface area contributed by atoms with Gasteiger partial charge in [-0.15, -0.1) is 0 Å². The quantitative estimate of drug-likeness (QED) is 0.887. The lowest BCUT2D eigenvalue weighted by molar-refractivity contribution is -0.148. The van der Waals surface area contributed by atoms with Crippen molar-refractivity contribution >= 4 is 17.4 Å². The second-order valence-electron chi connectivity index (χ2n) is 5.10. The van der Waals surface area contributed by atoms with Gasteiger partial charge in [0.05, 0.1) is 5.57 Å². The molecule has 0 spiro atoms. The molecule has 2 N–H and O–H groups in total. The molecule has 2 amide bonds. The van der Waals surface area contributed by atoms with Crippen molar-refractivity contribution in [3.63, 3.8) is 0 Å². The van der Waals surface area contributed by atoms with Gasteiger partial charge in [-0.2, -0.15) is 0 Å². The second-order valence-corrected chi connectivity index (χ2v) is 5.10. The first-order valence-corrected chi connectivity index (χ1v) is 6.21. The lowest BCUT2D eigenvalue weighted by Gasteiger charge is -2.39. The summed E-state index contributed by atoms with van der Waals surface area (Å²) in [6.07, 6.45) is 3.21. The predicted molar refractivity (Wildman–Crippen MR) is 72.9 cm³/mol. The molecule has 1 aliphatic rings. The monoisotopic (exact) mass is 275 g/mol. The number of carbonyl (C=O) groups excluding carboxylic acids is 2. The number of primary amides is 1. The summed E-state index contributed by atoms with van der Waals surface area (Å²) in [5, 5.41) is 0. The molecular weight excluding hydrogens is 258 g/mol. The number of nitrogens with zero attached hydrogens (tertiary/aromatic N) is 2. The molecule has 0 radical (unpaired) electrons. The van der Waals surface area contributed by atoms with Crippen molar-refractivity contribution in [2.75, 3.05) is 6.73 Å². The van der Waals surface area contributed by atoms with E-state index in [1.165, 1.54) is 4.90 Å². The fourth-order valence-corrected chi connectivity index (χ4v) is 1.96. The zero-order chi connectivity index (χ0) is 14.9. The van der Waals surface area contributed by atoms with E-state index in [2.05, 4.69) is 4.98 Å². The molecule has 6 heteroatoms. The van der Waals surface area contributed by atoms with Crippen LogP contribution in [0.1, 0.15) is 26.3 Å². The lowest BCUT2D eigenvalue weighted by Crippen LogP contribution is -2.57. The fraction of sp³-hybridized carbons (Fsp3) is 0.357. The normalized spacial score (nSPS) is 16.1. The van der Waals surface area contributed by atoms with Gasteiger partial charge in [0, 0.05) is 18.0 Å². The summed E-state index contributed by atoms with van der Waals surface area (Å²) in [6, 6.07) is 3.51. The topological polar surface area (TPSA) is 85.5 Å². The van der Waals surface area contributed by atoms with Crippen molar-refractivity contribution in [3.8, 4) is 0 Å². The Balaban J connectivity index is 2.44. The van der Waals surface area contributed by atoms with Gasteiger partial charge in [0.15, 0.2) is 6.73 Å². The van der Waals surface area contributed by atoms with Gasteiger partial charge in [-0.05, 0) is 26.8 Å². The predicted octanol–water partition coefficient (Wildman–Crippen LogP) is 0.893. The number of hydrogen-bond donors (Lipinski definition) is 1. The highest BCUT2D eigenvalue weighted by Crippen LogP contribution is 2.29. The summed E-state index contributed by atoms with van der Waals surface area (Å²) in [7, 11) is 0. The molecule has 0 saturated carbocycles. The van der Waals surface area contributed by atoms with Gasteiger partial charge >= 0.3 is 0 Å². The molecule has 6 nitrogen and oxygen atoms in total. The van der Waals surface area contributed by atoms with Crippen LogP contribution in [0.15, 0.2) is 30.3 Å². The SMILES string of the molecule is CC1=C(c2cccnc2)C(=O)N(C(C)(C)C(N)=O)CO1. The van der Waals surface area contributed by atoms with Gasteiger partial charge < -0.3 is 10.5 Å². The van der Waals surface area contributed by atoms with Crippen molar-refractivity contribution in [1.82, 2.24) is 9.88 Å². The van der Waals surface area contributed by atoms with Crippen LogP contribution in [0.4, 0.5) is 0 Å². The first-order valence-electron chi connectivity index (χ1n) is 6.21. The van der Waals surface area contributed by atoms with E-state index in [-0.39, 0.29) is 12.6 Å². The molecule has 0 fully saturated rings. The third-order valence-corrected chi connectivity index (χ3v) is 3.45. The zero-order valence-corrected chi connectivity index (χ0v) is 11.7. The molecular formula is C14H17N3O3. The van der Waals surface area contributed by atoms with Crippen LogP contribution in [-0.4, -0.2) is 34.0 Å². The number of carbonyl (C=O) groups is 2. The Morgan fingerprint density at radius 3 is 2.75 bits per heavy atom. The molecule has 2 rings (SSSR count). The van der Waals surface area contributed by atoms with Gasteiger partial charge in [-0.25, -0.2) is 0 Å². The number of aromatic nitrogens is 1. The van der Waals surface area contributed by atoms with Crippen molar-refractivity contribution in [3.05, 3.63) is 35.8 Å². The minimum atomic E-state index is -1.12. The van der Waals surface area contributed by atoms with E-state index in [0.29, 0.717) is 16.9 Å². The van der Waals surface area contributed by atoms with Gasteiger partial charge in [-0.3, -0.25) is 19.5 Å². The Morgan fingerprint density at radius 1 is 1.50 bits per heavy atom. The molecule has 2 heterocycles. The molecule has 20 heavy (non-hydrogen) atoms. The summed E-state index contributed by atoms with van der Waals surface area (Å²) >= 11 is 0. The maximum absolute atomic E-state index is 12.6. The van der Waals surface area contributed by atoms with Gasteiger partial charge in [0.25, 0.3) is 5.91 Å². The first kappa shape index (κ1) is 14.0. The van der Waals surface area contributed by atoms with Crippen LogP contribution >= 0.6 is 0 Å². The van der Waals surface area contributed by atoms with Crippen LogP contribution in [0.3, 0.4) is 0 Å². The number of allylic oxidation sites excluding steroid dienone is 1. The highest BCUT2D eigenvalue weighted by atomic mass is 16.5. The number of nitrogens with two attached hydrogens (primary N) is 1. The van der Waals surface area contributed by atoms with Crippen LogP contribution in [0.5, 0.6) is 0 Å². The standard InChI is InChI=1S/C14H17N3O3/c1-9-11(10-5-4-6-16-7-10)12(18)17(8-20-9)14(2,3)13(15)19/h4-7H,8H2,1-3H3,(H2,15,19). The average molecular weight is 275 g/mol. The van der Waals surface area contributed by atoms with Crippen LogP contribution in [-0.2, 0) is 14.3 Å². The van der Waals surface area contributed by atoms with Crippen molar-refractivity contribution in [2.45, 2.75) is 26.3 Å². The molecule has 106 valence electrons. The second kappa shape index (κ2) is 4.96. The van der Waals surface area contributed by atoms with E-state index in [1.54, 1.807) is 45.3 Å².